The molecule has 4 rings (SSSR count). The van der Waals surface area contributed by atoms with Crippen molar-refractivity contribution in [3.8, 4) is 11.3 Å². The van der Waals surface area contributed by atoms with Gasteiger partial charge >= 0.3 is 0 Å². The summed E-state index contributed by atoms with van der Waals surface area (Å²) in [4.78, 5) is 30.9. The first-order valence-electron chi connectivity index (χ1n) is 9.83. The molecule has 2 N–H and O–H groups in total. The van der Waals surface area contributed by atoms with E-state index in [1.165, 1.54) is 0 Å². The van der Waals surface area contributed by atoms with E-state index >= 15 is 0 Å². The predicted octanol–water partition coefficient (Wildman–Crippen LogP) is 3.87. The van der Waals surface area contributed by atoms with Gasteiger partial charge in [0.15, 0.2) is 0 Å². The summed E-state index contributed by atoms with van der Waals surface area (Å²) in [5, 5.41) is 0. The molecule has 2 aromatic carbocycles. The van der Waals surface area contributed by atoms with Gasteiger partial charge in [0.25, 0.3) is 5.91 Å². The molecule has 0 unspecified atom stereocenters. The number of piperidine rings is 1. The average molecular weight is 385 g/mol. The number of likely N-dealkylation sites (tertiary alicyclic amines) is 1. The Kier molecular flexibility index (Phi) is 5.38. The molecule has 1 aliphatic rings. The molecular formula is C24H23N3O2. The Bertz CT molecular complexity index is 1020. The Hall–Kier alpha value is -3.47. The summed E-state index contributed by atoms with van der Waals surface area (Å²) in [7, 11) is 0. The summed E-state index contributed by atoms with van der Waals surface area (Å²) in [6.45, 7) is 1.45. The number of nitrogens with zero attached hydrogens (tertiary/aromatic N) is 2. The topological polar surface area (TPSA) is 76.3 Å². The number of nitrogens with two attached hydrogens (primary N) is 1. The highest BCUT2D eigenvalue weighted by Gasteiger charge is 2.26. The van der Waals surface area contributed by atoms with Crippen LogP contribution in [0, 0.1) is 0 Å². The maximum atomic E-state index is 12.8. The molecule has 29 heavy (non-hydrogen) atoms. The van der Waals surface area contributed by atoms with Crippen LogP contribution in [0.5, 0.6) is 0 Å². The quantitative estimate of drug-likeness (QED) is 0.741. The molecule has 1 fully saturated rings. The van der Waals surface area contributed by atoms with Crippen molar-refractivity contribution in [2.24, 2.45) is 5.73 Å². The van der Waals surface area contributed by atoms with Crippen LogP contribution < -0.4 is 5.73 Å². The zero-order valence-corrected chi connectivity index (χ0v) is 16.1. The fourth-order valence-corrected chi connectivity index (χ4v) is 3.81. The summed E-state index contributed by atoms with van der Waals surface area (Å²) in [5.74, 6) is -0.154. The van der Waals surface area contributed by atoms with E-state index in [0.29, 0.717) is 12.1 Å². The van der Waals surface area contributed by atoms with Crippen LogP contribution in [0.4, 0.5) is 0 Å². The normalized spacial score (nSPS) is 16.4. The lowest BCUT2D eigenvalue weighted by Crippen LogP contribution is -2.39. The molecule has 0 aliphatic carbocycles. The Morgan fingerprint density at radius 2 is 1.66 bits per heavy atom. The molecule has 2 amide bonds. The molecule has 3 aromatic rings. The molecular weight excluding hydrogens is 362 g/mol. The van der Waals surface area contributed by atoms with Gasteiger partial charge in [0.2, 0.25) is 5.91 Å². The molecule has 0 radical (unpaired) electrons. The highest BCUT2D eigenvalue weighted by Crippen LogP contribution is 2.28. The molecule has 1 aliphatic heterocycles. The van der Waals surface area contributed by atoms with E-state index < -0.39 is 5.91 Å². The number of rotatable bonds is 4. The van der Waals surface area contributed by atoms with Crippen molar-refractivity contribution in [2.75, 3.05) is 13.1 Å². The molecule has 5 nitrogen and oxygen atoms in total. The van der Waals surface area contributed by atoms with Crippen molar-refractivity contribution in [3.63, 3.8) is 0 Å². The highest BCUT2D eigenvalue weighted by molar-refractivity contribution is 5.94. The van der Waals surface area contributed by atoms with Crippen LogP contribution in [0.25, 0.3) is 11.3 Å². The van der Waals surface area contributed by atoms with Crippen LogP contribution in [-0.2, 0) is 0 Å². The van der Waals surface area contributed by atoms with Gasteiger partial charge in [0, 0.05) is 41.4 Å². The third-order valence-corrected chi connectivity index (χ3v) is 5.38. The summed E-state index contributed by atoms with van der Waals surface area (Å²) >= 11 is 0. The Morgan fingerprint density at radius 1 is 0.897 bits per heavy atom. The van der Waals surface area contributed by atoms with Crippen molar-refractivity contribution in [1.82, 2.24) is 9.88 Å². The number of aromatic nitrogens is 1. The van der Waals surface area contributed by atoms with Crippen LogP contribution >= 0.6 is 0 Å². The molecule has 0 bridgehead atoms. The minimum atomic E-state index is -0.441. The lowest BCUT2D eigenvalue weighted by molar-refractivity contribution is 0.0705. The average Bonchev–Trinajstić information content (AvgIpc) is 2.79. The SMILES string of the molecule is NC(=O)c1ccc(-c2cccc([C@H]3CCCN(C(=O)c4ccccc4)C3)n2)cc1. The third kappa shape index (κ3) is 4.19. The minimum Gasteiger partial charge on any atom is -0.366 e. The van der Waals surface area contributed by atoms with Crippen molar-refractivity contribution >= 4 is 11.8 Å². The number of amides is 2. The summed E-state index contributed by atoms with van der Waals surface area (Å²) < 4.78 is 0. The van der Waals surface area contributed by atoms with Gasteiger partial charge in [-0.2, -0.15) is 0 Å². The van der Waals surface area contributed by atoms with Crippen molar-refractivity contribution in [3.05, 3.63) is 89.6 Å². The number of primary amides is 1. The van der Waals surface area contributed by atoms with Gasteiger partial charge < -0.3 is 10.6 Å². The van der Waals surface area contributed by atoms with E-state index in [1.807, 2.05) is 65.6 Å². The molecule has 2 heterocycles. The lowest BCUT2D eigenvalue weighted by Gasteiger charge is -2.32. The number of pyridine rings is 1. The van der Waals surface area contributed by atoms with E-state index in [0.717, 1.165) is 41.9 Å². The maximum Gasteiger partial charge on any atom is 0.253 e. The number of hydrogen-bond donors (Lipinski definition) is 1. The Balaban J connectivity index is 1.53. The van der Waals surface area contributed by atoms with Crippen molar-refractivity contribution < 1.29 is 9.59 Å². The molecule has 0 spiro atoms. The van der Waals surface area contributed by atoms with Gasteiger partial charge in [-0.05, 0) is 49.2 Å². The van der Waals surface area contributed by atoms with E-state index in [1.54, 1.807) is 12.1 Å². The lowest BCUT2D eigenvalue weighted by atomic mass is 9.93. The zero-order chi connectivity index (χ0) is 20.2. The Labute approximate surface area is 170 Å². The van der Waals surface area contributed by atoms with Gasteiger partial charge in [-0.1, -0.05) is 36.4 Å². The van der Waals surface area contributed by atoms with Crippen molar-refractivity contribution in [1.29, 1.82) is 0 Å². The van der Waals surface area contributed by atoms with Crippen LogP contribution in [0.2, 0.25) is 0 Å². The number of benzene rings is 2. The van der Waals surface area contributed by atoms with Gasteiger partial charge in [-0.3, -0.25) is 14.6 Å². The Morgan fingerprint density at radius 3 is 2.38 bits per heavy atom. The second-order valence-electron chi connectivity index (χ2n) is 7.35. The van der Waals surface area contributed by atoms with E-state index in [-0.39, 0.29) is 11.8 Å². The van der Waals surface area contributed by atoms with E-state index in [2.05, 4.69) is 0 Å². The molecule has 1 saturated heterocycles. The van der Waals surface area contributed by atoms with Gasteiger partial charge in [-0.15, -0.1) is 0 Å². The zero-order valence-electron chi connectivity index (χ0n) is 16.1. The molecule has 1 atom stereocenters. The van der Waals surface area contributed by atoms with Crippen LogP contribution in [0.15, 0.2) is 72.8 Å². The third-order valence-electron chi connectivity index (χ3n) is 5.38. The molecule has 0 saturated carbocycles. The highest BCUT2D eigenvalue weighted by atomic mass is 16.2. The van der Waals surface area contributed by atoms with Crippen LogP contribution in [0.3, 0.4) is 0 Å². The summed E-state index contributed by atoms with van der Waals surface area (Å²) in [5.41, 5.74) is 9.30. The first kappa shape index (κ1) is 18.9. The fourth-order valence-electron chi connectivity index (χ4n) is 3.81. The van der Waals surface area contributed by atoms with E-state index in [4.69, 9.17) is 10.7 Å². The maximum absolute atomic E-state index is 12.8. The standard InChI is InChI=1S/C24H23N3O2/c25-23(28)18-13-11-17(12-14-18)21-9-4-10-22(26-21)20-8-5-15-27(16-20)24(29)19-6-2-1-3-7-19/h1-4,6-7,9-14,20H,5,8,15-16H2,(H2,25,28)/t20-/m0/s1. The summed E-state index contributed by atoms with van der Waals surface area (Å²) in [6.07, 6.45) is 1.97. The smallest absolute Gasteiger partial charge is 0.253 e. The molecule has 1 aromatic heterocycles. The van der Waals surface area contributed by atoms with Gasteiger partial charge in [0.1, 0.15) is 0 Å². The van der Waals surface area contributed by atoms with Gasteiger partial charge in [-0.25, -0.2) is 0 Å². The minimum absolute atomic E-state index is 0.0773. The van der Waals surface area contributed by atoms with Crippen LogP contribution in [-0.4, -0.2) is 34.8 Å². The van der Waals surface area contributed by atoms with Crippen molar-refractivity contribution in [2.45, 2.75) is 18.8 Å². The van der Waals surface area contributed by atoms with Crippen LogP contribution in [0.1, 0.15) is 45.2 Å². The molecule has 5 heteroatoms. The fraction of sp³-hybridized carbons (Fsp3) is 0.208. The summed E-state index contributed by atoms with van der Waals surface area (Å²) in [6, 6.07) is 22.6. The number of hydrogen-bond acceptors (Lipinski definition) is 3. The first-order valence-corrected chi connectivity index (χ1v) is 9.83. The second-order valence-corrected chi connectivity index (χ2v) is 7.35. The number of carbonyl (C=O) groups is 2. The largest absolute Gasteiger partial charge is 0.366 e. The first-order chi connectivity index (χ1) is 14.1. The second kappa shape index (κ2) is 8.27. The van der Waals surface area contributed by atoms with E-state index in [9.17, 15) is 9.59 Å². The predicted molar refractivity (Wildman–Crippen MR) is 113 cm³/mol. The molecule has 146 valence electrons. The monoisotopic (exact) mass is 385 g/mol. The number of carbonyl (C=O) groups excluding carboxylic acids is 2. The van der Waals surface area contributed by atoms with Gasteiger partial charge in [0.05, 0.1) is 5.69 Å².